The molecule has 302 valence electrons. The van der Waals surface area contributed by atoms with Crippen LogP contribution in [0.25, 0.3) is 0 Å². The van der Waals surface area contributed by atoms with E-state index >= 15 is 0 Å². The molecule has 4 N–H and O–H groups in total. The molecule has 54 heavy (non-hydrogen) atoms. The van der Waals surface area contributed by atoms with Gasteiger partial charge in [-0.25, -0.2) is 0 Å². The van der Waals surface area contributed by atoms with Crippen LogP contribution in [0.5, 0.6) is 5.75 Å². The zero-order chi connectivity index (χ0) is 40.7. The quantitative estimate of drug-likeness (QED) is 0.0789. The van der Waals surface area contributed by atoms with Crippen molar-refractivity contribution in [1.82, 2.24) is 0 Å². The molecule has 0 saturated carbocycles. The van der Waals surface area contributed by atoms with Crippen LogP contribution in [0, 0.1) is 17.8 Å². The van der Waals surface area contributed by atoms with E-state index in [1.54, 1.807) is 0 Å². The van der Waals surface area contributed by atoms with E-state index in [1.165, 1.54) is 0 Å². The Morgan fingerprint density at radius 3 is 1.81 bits per heavy atom. The van der Waals surface area contributed by atoms with Gasteiger partial charge in [0.2, 0.25) is 0 Å². The lowest BCUT2D eigenvalue weighted by Crippen LogP contribution is -2.61. The summed E-state index contributed by atoms with van der Waals surface area (Å²) in [5, 5.41) is 41.0. The number of alkyl halides is 3. The molecule has 23 heteroatoms. The van der Waals surface area contributed by atoms with Crippen LogP contribution in [0.1, 0.15) is 51.7 Å². The molecule has 2 fully saturated rings. The fourth-order valence-electron chi connectivity index (χ4n) is 6.20. The zero-order valence-corrected chi connectivity index (χ0v) is 29.4. The Morgan fingerprint density at radius 1 is 0.759 bits per heavy atom. The molecule has 0 unspecified atom stereocenters. The summed E-state index contributed by atoms with van der Waals surface area (Å²) in [4.78, 5) is 71.8. The molecule has 0 amide bonds. The molecule has 2 aliphatic rings. The number of carboxylic acids is 3. The number of carbonyl (C=O) groups is 6. The Balaban J connectivity index is 2.18. The van der Waals surface area contributed by atoms with Crippen molar-refractivity contribution in [2.24, 2.45) is 17.8 Å². The highest BCUT2D eigenvalue weighted by Crippen LogP contribution is 2.45. The summed E-state index contributed by atoms with van der Waals surface area (Å²) in [5.74, 6) is -12.3. The van der Waals surface area contributed by atoms with Crippen LogP contribution in [-0.2, 0) is 67.3 Å². The second-order valence-corrected chi connectivity index (χ2v) is 13.8. The highest BCUT2D eigenvalue weighted by Gasteiger charge is 2.54. The second-order valence-electron chi connectivity index (χ2n) is 12.2. The van der Waals surface area contributed by atoms with Gasteiger partial charge in [-0.1, -0.05) is 12.1 Å². The average molecular weight is 803 g/mol. The van der Waals surface area contributed by atoms with Gasteiger partial charge in [0.05, 0.1) is 18.9 Å². The molecular formula is C31H37F3O19S. The molecular weight excluding hydrogens is 765 g/mol. The summed E-state index contributed by atoms with van der Waals surface area (Å²) in [6.45, 7) is 1.54. The summed E-state index contributed by atoms with van der Waals surface area (Å²) in [6, 6.07) is 3.78. The Bertz CT molecular complexity index is 1670. The van der Waals surface area contributed by atoms with Crippen molar-refractivity contribution >= 4 is 45.9 Å². The highest BCUT2D eigenvalue weighted by atomic mass is 32.2. The van der Waals surface area contributed by atoms with E-state index in [2.05, 4.69) is 4.18 Å². The van der Waals surface area contributed by atoms with E-state index in [-0.39, 0.29) is 5.56 Å². The van der Waals surface area contributed by atoms with Gasteiger partial charge < -0.3 is 53.0 Å². The van der Waals surface area contributed by atoms with Crippen LogP contribution < -0.4 is 4.18 Å². The first-order valence-electron chi connectivity index (χ1n) is 15.8. The van der Waals surface area contributed by atoms with Crippen molar-refractivity contribution in [1.29, 1.82) is 0 Å². The van der Waals surface area contributed by atoms with Gasteiger partial charge in [0, 0.05) is 39.0 Å². The molecule has 2 saturated heterocycles. The maximum atomic E-state index is 13.1. The van der Waals surface area contributed by atoms with Gasteiger partial charge in [-0.3, -0.25) is 28.8 Å². The number of aliphatic hydroxyl groups excluding tert-OH is 1. The molecule has 19 nitrogen and oxygen atoms in total. The third-order valence-corrected chi connectivity index (χ3v) is 9.28. The summed E-state index contributed by atoms with van der Waals surface area (Å²) in [6.07, 6.45) is -14.9. The molecule has 2 aliphatic heterocycles. The lowest BCUT2D eigenvalue weighted by Gasteiger charge is -2.49. The molecule has 1 aromatic rings. The number of rotatable bonds is 16. The lowest BCUT2D eigenvalue weighted by molar-refractivity contribution is -0.325. The molecule has 10 atom stereocenters. The maximum absolute atomic E-state index is 13.1. The number of hydrogen-bond donors (Lipinski definition) is 4. The van der Waals surface area contributed by atoms with Crippen LogP contribution in [0.2, 0.25) is 0 Å². The van der Waals surface area contributed by atoms with Crippen LogP contribution in [0.3, 0.4) is 0 Å². The van der Waals surface area contributed by atoms with Crippen molar-refractivity contribution in [3.63, 3.8) is 0 Å². The Kier molecular flexibility index (Phi) is 14.7. The van der Waals surface area contributed by atoms with Gasteiger partial charge in [-0.05, 0) is 23.6 Å². The number of ether oxygens (including phenoxy) is 6. The van der Waals surface area contributed by atoms with Crippen molar-refractivity contribution < 1.29 is 103 Å². The number of halogens is 3. The third kappa shape index (κ3) is 11.7. The largest absolute Gasteiger partial charge is 0.534 e. The highest BCUT2D eigenvalue weighted by molar-refractivity contribution is 7.88. The number of aliphatic carboxylic acids is 3. The molecule has 3 rings (SSSR count). The first-order chi connectivity index (χ1) is 25.0. The smallest absolute Gasteiger partial charge is 0.481 e. The van der Waals surface area contributed by atoms with Crippen LogP contribution >= 0.6 is 0 Å². The topological polar surface area (TPSA) is 282 Å². The van der Waals surface area contributed by atoms with Gasteiger partial charge in [-0.15, -0.1) is 0 Å². The van der Waals surface area contributed by atoms with E-state index in [4.69, 9.17) is 28.4 Å². The normalized spacial score (nSPS) is 28.6. The van der Waals surface area contributed by atoms with E-state index < -0.39 is 150 Å². The summed E-state index contributed by atoms with van der Waals surface area (Å²) < 4.78 is 100. The van der Waals surface area contributed by atoms with Crippen LogP contribution in [0.4, 0.5) is 13.2 Å². The molecule has 0 bridgehead atoms. The Morgan fingerprint density at radius 2 is 1.30 bits per heavy atom. The minimum Gasteiger partial charge on any atom is -0.481 e. The summed E-state index contributed by atoms with van der Waals surface area (Å²) >= 11 is 0. The number of hydrogen-bond acceptors (Lipinski definition) is 16. The van der Waals surface area contributed by atoms with Gasteiger partial charge in [0.1, 0.15) is 43.4 Å². The van der Waals surface area contributed by atoms with Crippen molar-refractivity contribution in [2.45, 2.75) is 88.5 Å². The maximum Gasteiger partial charge on any atom is 0.534 e. The SMILES string of the molecule is CC(=O)OC[C@@H]1O[C@H](O[C@@H]2[C@H](O)[C@@H](c3cccc(OS(=O)(=O)C(F)(F)F)c3)O[C@H](COC(C)=O)[C@H]2OC(C)=O)[C@@H](CC(=O)O)[C@@H](CC(=O)O)[C@H]1CC(=O)O. The molecule has 0 aromatic heterocycles. The monoisotopic (exact) mass is 802 g/mol. The first-order valence-corrected chi connectivity index (χ1v) is 17.3. The van der Waals surface area contributed by atoms with E-state index in [9.17, 15) is 70.8 Å². The standard InChI is InChI=1S/C31H37F3O19S/c1-13(35)47-11-21-19(9-24(40)41)18(8-23(38)39)20(10-25(42)43)30(51-21)52-29-26(44)27(50-22(12-48-14(2)36)28(29)49-15(3)37)16-5-4-6-17(7-16)53-54(45,46)31(32,33)34/h4-7,18-22,26-30,44H,8-12H2,1-3H3,(H,38,39)(H,40,41)(H,42,43)/t18-,19+,20-,21-,22+,26+,27+,28+,29+,30+/m0/s1. The van der Waals surface area contributed by atoms with Crippen molar-refractivity contribution in [2.75, 3.05) is 13.2 Å². The number of esters is 3. The van der Waals surface area contributed by atoms with Crippen LogP contribution in [-0.4, -0.2) is 120 Å². The number of carbonyl (C=O) groups excluding carboxylic acids is 3. The van der Waals surface area contributed by atoms with Gasteiger partial charge in [-0.2, -0.15) is 21.6 Å². The van der Waals surface area contributed by atoms with Crippen molar-refractivity contribution in [3.8, 4) is 5.75 Å². The Hall–Kier alpha value is -4.58. The second kappa shape index (κ2) is 18.2. The summed E-state index contributed by atoms with van der Waals surface area (Å²) in [7, 11) is -6.17. The van der Waals surface area contributed by atoms with Gasteiger partial charge >= 0.3 is 51.4 Å². The molecule has 0 spiro atoms. The zero-order valence-electron chi connectivity index (χ0n) is 28.6. The number of carboxylic acid groups (broad SMARTS) is 3. The van der Waals surface area contributed by atoms with E-state index in [1.807, 2.05) is 0 Å². The molecule has 0 aliphatic carbocycles. The van der Waals surface area contributed by atoms with Gasteiger partial charge in [0.15, 0.2) is 12.4 Å². The predicted molar refractivity (Wildman–Crippen MR) is 165 cm³/mol. The average Bonchev–Trinajstić information content (AvgIpc) is 3.02. The Labute approximate surface area is 304 Å². The molecule has 1 aromatic carbocycles. The van der Waals surface area contributed by atoms with Crippen LogP contribution in [0.15, 0.2) is 24.3 Å². The first kappa shape index (κ1) is 43.8. The third-order valence-electron chi connectivity index (χ3n) is 8.30. The minimum absolute atomic E-state index is 0.260. The fraction of sp³-hybridized carbons (Fsp3) is 0.613. The number of benzene rings is 1. The van der Waals surface area contributed by atoms with Crippen molar-refractivity contribution in [3.05, 3.63) is 29.8 Å². The van der Waals surface area contributed by atoms with E-state index in [0.717, 1.165) is 45.0 Å². The molecule has 2 heterocycles. The van der Waals surface area contributed by atoms with Gasteiger partial charge in [0.25, 0.3) is 0 Å². The fourth-order valence-corrected chi connectivity index (χ4v) is 6.65. The minimum atomic E-state index is -6.17. The summed E-state index contributed by atoms with van der Waals surface area (Å²) in [5.41, 5.74) is -6.08. The lowest BCUT2D eigenvalue weighted by atomic mass is 9.71. The predicted octanol–water partition coefficient (Wildman–Crippen LogP) is 1.16. The number of aliphatic hydroxyl groups is 1. The van der Waals surface area contributed by atoms with E-state index in [0.29, 0.717) is 0 Å². The molecule has 0 radical (unpaired) electrons.